The lowest BCUT2D eigenvalue weighted by molar-refractivity contribution is 0.328. The lowest BCUT2D eigenvalue weighted by Gasteiger charge is -2.04. The van der Waals surface area contributed by atoms with Crippen molar-refractivity contribution in [3.05, 3.63) is 48.2 Å². The number of rotatable bonds is 3. The molecule has 0 unspecified atom stereocenters. The summed E-state index contributed by atoms with van der Waals surface area (Å²) in [6.45, 7) is 2.83. The van der Waals surface area contributed by atoms with Gasteiger partial charge in [0.05, 0.1) is 4.90 Å². The fraction of sp³-hybridized carbons (Fsp3) is 0. The standard InChI is InChI=1S/C9H7F2O2S/c1-7(9(10)11)14(12,13)8-5-3-2-4-6-8/h2-6H,1H2. The van der Waals surface area contributed by atoms with E-state index in [2.05, 4.69) is 6.58 Å². The van der Waals surface area contributed by atoms with E-state index < -0.39 is 21.2 Å². The first-order chi connectivity index (χ1) is 6.46. The summed E-state index contributed by atoms with van der Waals surface area (Å²) in [6, 6.07) is 6.98. The van der Waals surface area contributed by atoms with E-state index >= 15 is 0 Å². The zero-order valence-electron chi connectivity index (χ0n) is 7.07. The van der Waals surface area contributed by atoms with E-state index in [1.54, 1.807) is 6.07 Å². The molecule has 1 radical (unpaired) electrons. The summed E-state index contributed by atoms with van der Waals surface area (Å²) in [4.78, 5) is -1.33. The van der Waals surface area contributed by atoms with Crippen LogP contribution in [0, 0.1) is 6.43 Å². The molecule has 1 aromatic carbocycles. The van der Waals surface area contributed by atoms with Gasteiger partial charge < -0.3 is 0 Å². The maximum absolute atomic E-state index is 12.0. The molecule has 0 amide bonds. The summed E-state index contributed by atoms with van der Waals surface area (Å²) in [5.41, 5.74) is 0. The maximum atomic E-state index is 12.0. The highest BCUT2D eigenvalue weighted by molar-refractivity contribution is 7.95. The van der Waals surface area contributed by atoms with Crippen LogP contribution < -0.4 is 0 Å². The summed E-state index contributed by atoms with van der Waals surface area (Å²) < 4.78 is 46.8. The predicted octanol–water partition coefficient (Wildman–Crippen LogP) is 2.40. The first kappa shape index (κ1) is 10.8. The molecule has 0 aliphatic heterocycles. The van der Waals surface area contributed by atoms with Gasteiger partial charge in [-0.15, -0.1) is 0 Å². The SMILES string of the molecule is C=C([C](F)F)S(=O)(=O)c1ccccc1. The van der Waals surface area contributed by atoms with Crippen LogP contribution in [0.25, 0.3) is 0 Å². The van der Waals surface area contributed by atoms with Crippen molar-refractivity contribution < 1.29 is 17.2 Å². The molecule has 0 aromatic heterocycles. The topological polar surface area (TPSA) is 34.1 Å². The second-order valence-electron chi connectivity index (χ2n) is 2.50. The Bertz CT molecular complexity index is 423. The zero-order valence-corrected chi connectivity index (χ0v) is 7.89. The number of hydrogen-bond acceptors (Lipinski definition) is 2. The average molecular weight is 217 g/mol. The van der Waals surface area contributed by atoms with Crippen molar-refractivity contribution in [1.29, 1.82) is 0 Å². The van der Waals surface area contributed by atoms with Crippen molar-refractivity contribution in [2.75, 3.05) is 0 Å². The molecule has 0 aliphatic carbocycles. The molecule has 0 atom stereocenters. The minimum Gasteiger partial charge on any atom is -0.219 e. The van der Waals surface area contributed by atoms with Crippen LogP contribution in [0.2, 0.25) is 0 Å². The van der Waals surface area contributed by atoms with E-state index in [0.717, 1.165) is 0 Å². The molecule has 1 rings (SSSR count). The van der Waals surface area contributed by atoms with Crippen LogP contribution in [-0.2, 0) is 9.84 Å². The molecule has 1 aromatic rings. The number of benzene rings is 1. The lowest BCUT2D eigenvalue weighted by Crippen LogP contribution is -2.06. The molecular formula is C9H7F2O2S. The van der Waals surface area contributed by atoms with Crippen molar-refractivity contribution in [2.45, 2.75) is 4.90 Å². The van der Waals surface area contributed by atoms with E-state index in [1.807, 2.05) is 0 Å². The van der Waals surface area contributed by atoms with Crippen LogP contribution in [0.3, 0.4) is 0 Å². The van der Waals surface area contributed by atoms with E-state index in [1.165, 1.54) is 24.3 Å². The lowest BCUT2D eigenvalue weighted by atomic mass is 10.4. The minimum atomic E-state index is -4.12. The number of allylic oxidation sites excluding steroid dienone is 1. The van der Waals surface area contributed by atoms with Crippen molar-refractivity contribution in [2.24, 2.45) is 0 Å². The Morgan fingerprint density at radius 3 is 2.07 bits per heavy atom. The smallest absolute Gasteiger partial charge is 0.219 e. The third-order valence-corrected chi connectivity index (χ3v) is 3.28. The van der Waals surface area contributed by atoms with Crippen LogP contribution in [0.5, 0.6) is 0 Å². The van der Waals surface area contributed by atoms with Gasteiger partial charge in [0, 0.05) is 0 Å². The normalized spacial score (nSPS) is 11.6. The Morgan fingerprint density at radius 1 is 1.14 bits per heavy atom. The Labute approximate surface area is 80.8 Å². The van der Waals surface area contributed by atoms with Crippen LogP contribution in [0.15, 0.2) is 46.7 Å². The van der Waals surface area contributed by atoms with Crippen LogP contribution in [0.1, 0.15) is 0 Å². The summed E-state index contributed by atoms with van der Waals surface area (Å²) in [7, 11) is -4.12. The Hall–Kier alpha value is -1.23. The number of halogens is 2. The minimum absolute atomic E-state index is 0.183. The van der Waals surface area contributed by atoms with Gasteiger partial charge >= 0.3 is 6.43 Å². The third kappa shape index (κ3) is 1.98. The summed E-state index contributed by atoms with van der Waals surface area (Å²) in [5, 5.41) is 0. The quantitative estimate of drug-likeness (QED) is 0.779. The molecule has 2 nitrogen and oxygen atoms in total. The molecule has 75 valence electrons. The highest BCUT2D eigenvalue weighted by atomic mass is 32.2. The van der Waals surface area contributed by atoms with E-state index in [0.29, 0.717) is 0 Å². The van der Waals surface area contributed by atoms with Gasteiger partial charge in [0.15, 0.2) is 0 Å². The first-order valence-electron chi connectivity index (χ1n) is 3.63. The number of sulfone groups is 1. The Kier molecular flexibility index (Phi) is 3.00. The monoisotopic (exact) mass is 217 g/mol. The van der Waals surface area contributed by atoms with Gasteiger partial charge in [-0.25, -0.2) is 8.42 Å². The molecule has 0 bridgehead atoms. The van der Waals surface area contributed by atoms with E-state index in [-0.39, 0.29) is 4.90 Å². The molecule has 0 saturated heterocycles. The van der Waals surface area contributed by atoms with Gasteiger partial charge in [-0.05, 0) is 12.1 Å². The van der Waals surface area contributed by atoms with Crippen molar-refractivity contribution in [1.82, 2.24) is 0 Å². The van der Waals surface area contributed by atoms with Crippen molar-refractivity contribution >= 4 is 9.84 Å². The summed E-state index contributed by atoms with van der Waals surface area (Å²) >= 11 is 0. The molecule has 0 N–H and O–H groups in total. The highest BCUT2D eigenvalue weighted by Crippen LogP contribution is 2.26. The second kappa shape index (κ2) is 3.88. The van der Waals surface area contributed by atoms with Gasteiger partial charge in [0.2, 0.25) is 9.84 Å². The van der Waals surface area contributed by atoms with Gasteiger partial charge in [-0.2, -0.15) is 8.78 Å². The molecular weight excluding hydrogens is 210 g/mol. The second-order valence-corrected chi connectivity index (χ2v) is 4.47. The molecule has 0 spiro atoms. The molecule has 5 heteroatoms. The zero-order chi connectivity index (χ0) is 10.8. The average Bonchev–Trinajstić information content (AvgIpc) is 2.18. The molecule has 0 fully saturated rings. The summed E-state index contributed by atoms with van der Waals surface area (Å²) in [5.74, 6) is 0. The van der Waals surface area contributed by atoms with Gasteiger partial charge in [0.25, 0.3) is 0 Å². The first-order valence-corrected chi connectivity index (χ1v) is 5.12. The fourth-order valence-electron chi connectivity index (χ4n) is 0.843. The van der Waals surface area contributed by atoms with E-state index in [9.17, 15) is 17.2 Å². The Morgan fingerprint density at radius 2 is 1.64 bits per heavy atom. The van der Waals surface area contributed by atoms with E-state index in [4.69, 9.17) is 0 Å². The maximum Gasteiger partial charge on any atom is 0.350 e. The highest BCUT2D eigenvalue weighted by Gasteiger charge is 2.27. The predicted molar refractivity (Wildman–Crippen MR) is 48.2 cm³/mol. The molecule has 0 saturated carbocycles. The molecule has 0 heterocycles. The van der Waals surface area contributed by atoms with Gasteiger partial charge in [-0.3, -0.25) is 0 Å². The van der Waals surface area contributed by atoms with Gasteiger partial charge in [-0.1, -0.05) is 24.8 Å². The molecule has 14 heavy (non-hydrogen) atoms. The van der Waals surface area contributed by atoms with Crippen LogP contribution >= 0.6 is 0 Å². The summed E-state index contributed by atoms with van der Waals surface area (Å²) in [6.07, 6.45) is -2.28. The third-order valence-electron chi connectivity index (χ3n) is 1.59. The largest absolute Gasteiger partial charge is 0.350 e. The Balaban J connectivity index is 3.17. The van der Waals surface area contributed by atoms with Crippen molar-refractivity contribution in [3.63, 3.8) is 0 Å². The van der Waals surface area contributed by atoms with Crippen molar-refractivity contribution in [3.8, 4) is 0 Å². The fourth-order valence-corrected chi connectivity index (χ4v) is 1.85. The van der Waals surface area contributed by atoms with Crippen LogP contribution in [-0.4, -0.2) is 8.42 Å². The van der Waals surface area contributed by atoms with Crippen LogP contribution in [0.4, 0.5) is 8.78 Å². The molecule has 0 aliphatic rings. The number of hydrogen-bond donors (Lipinski definition) is 0. The van der Waals surface area contributed by atoms with Gasteiger partial charge in [0.1, 0.15) is 4.91 Å².